The molecular formula is C49H63F3N4O7. The molecule has 0 aliphatic heterocycles. The molecule has 0 atom stereocenters. The highest BCUT2D eigenvalue weighted by Crippen LogP contribution is 2.33. The van der Waals surface area contributed by atoms with Crippen molar-refractivity contribution in [2.45, 2.75) is 97.9 Å². The third kappa shape index (κ3) is 18.1. The summed E-state index contributed by atoms with van der Waals surface area (Å²) < 4.78 is 62.0. The standard InChI is InChI=1S/C49H63F3N4O7/c1-6-56(7-2)41-21-22-43(42(34-41)44-33-39(23-24-53-44)46(58)54-35-37-16-13-19-40(32-37)49(50,51)52)55-47(59)38-18-12-15-36(31-38)17-14-26-61-28-30-62-29-27-60-25-11-9-8-10-20-45(57)63-48(3,4)5/h12-13,15-16,18-19,21-24,31-34H,6-11,14,17,20,25-30,35H2,1-5H3,(H,54,58)(H,55,59). The summed E-state index contributed by atoms with van der Waals surface area (Å²) in [5, 5.41) is 5.75. The molecule has 3 aromatic carbocycles. The van der Waals surface area contributed by atoms with Gasteiger partial charge in [-0.15, -0.1) is 0 Å². The van der Waals surface area contributed by atoms with Gasteiger partial charge in [-0.1, -0.05) is 37.1 Å². The second-order valence-corrected chi connectivity index (χ2v) is 16.1. The number of esters is 1. The minimum Gasteiger partial charge on any atom is -0.460 e. The van der Waals surface area contributed by atoms with Crippen LogP contribution in [0.15, 0.2) is 85.1 Å². The number of carbonyl (C=O) groups excluding carboxylic acids is 3. The minimum absolute atomic E-state index is 0.0960. The average Bonchev–Trinajstić information content (AvgIpc) is 3.25. The van der Waals surface area contributed by atoms with Crippen molar-refractivity contribution in [3.05, 3.63) is 113 Å². The first-order valence-electron chi connectivity index (χ1n) is 21.8. The predicted molar refractivity (Wildman–Crippen MR) is 240 cm³/mol. The Labute approximate surface area is 370 Å². The molecule has 2 amide bonds. The zero-order valence-corrected chi connectivity index (χ0v) is 37.3. The van der Waals surface area contributed by atoms with Crippen molar-refractivity contribution in [2.24, 2.45) is 0 Å². The lowest BCUT2D eigenvalue weighted by Gasteiger charge is -2.23. The van der Waals surface area contributed by atoms with Crippen LogP contribution in [-0.4, -0.2) is 81.1 Å². The summed E-state index contributed by atoms with van der Waals surface area (Å²) in [7, 11) is 0. The van der Waals surface area contributed by atoms with Gasteiger partial charge in [0.05, 0.1) is 43.4 Å². The third-order valence-corrected chi connectivity index (χ3v) is 9.91. The molecule has 0 saturated carbocycles. The Bertz CT molecular complexity index is 2050. The molecule has 0 bridgehead atoms. The van der Waals surface area contributed by atoms with Crippen molar-refractivity contribution < 1.29 is 46.5 Å². The zero-order chi connectivity index (χ0) is 45.7. The number of nitrogens with one attached hydrogen (secondary N) is 2. The molecular weight excluding hydrogens is 814 g/mol. The van der Waals surface area contributed by atoms with E-state index in [0.29, 0.717) is 80.6 Å². The fraction of sp³-hybridized carbons (Fsp3) is 0.469. The Hall–Kier alpha value is -5.31. The van der Waals surface area contributed by atoms with Crippen LogP contribution in [0.4, 0.5) is 24.5 Å². The number of nitrogens with zero attached hydrogens (tertiary/aromatic N) is 2. The molecule has 342 valence electrons. The summed E-state index contributed by atoms with van der Waals surface area (Å²) in [6.07, 6.45) is 2.66. The van der Waals surface area contributed by atoms with Crippen molar-refractivity contribution in [3.8, 4) is 11.3 Å². The summed E-state index contributed by atoms with van der Waals surface area (Å²) in [4.78, 5) is 45.4. The van der Waals surface area contributed by atoms with E-state index in [1.165, 1.54) is 24.4 Å². The number of amides is 2. The number of aryl methyl sites for hydroxylation is 1. The van der Waals surface area contributed by atoms with E-state index in [4.69, 9.17) is 18.9 Å². The van der Waals surface area contributed by atoms with Crippen molar-refractivity contribution in [1.82, 2.24) is 10.3 Å². The van der Waals surface area contributed by atoms with E-state index in [9.17, 15) is 27.6 Å². The van der Waals surface area contributed by atoms with Crippen LogP contribution in [0.25, 0.3) is 11.3 Å². The molecule has 1 aromatic heterocycles. The fourth-order valence-corrected chi connectivity index (χ4v) is 6.70. The number of benzene rings is 3. The molecule has 63 heavy (non-hydrogen) atoms. The molecule has 0 aliphatic rings. The largest absolute Gasteiger partial charge is 0.460 e. The lowest BCUT2D eigenvalue weighted by Crippen LogP contribution is -2.23. The van der Waals surface area contributed by atoms with E-state index >= 15 is 0 Å². The van der Waals surface area contributed by atoms with Gasteiger partial charge >= 0.3 is 12.1 Å². The first-order valence-corrected chi connectivity index (χ1v) is 21.8. The number of alkyl halides is 3. The number of anilines is 2. The predicted octanol–water partition coefficient (Wildman–Crippen LogP) is 10.1. The van der Waals surface area contributed by atoms with Gasteiger partial charge in [-0.3, -0.25) is 19.4 Å². The number of hydrogen-bond donors (Lipinski definition) is 2. The van der Waals surface area contributed by atoms with Crippen molar-refractivity contribution in [1.29, 1.82) is 0 Å². The summed E-state index contributed by atoms with van der Waals surface area (Å²) in [6, 6.07) is 21.1. The number of rotatable bonds is 26. The van der Waals surface area contributed by atoms with Gasteiger partial charge in [0, 0.05) is 67.8 Å². The highest BCUT2D eigenvalue weighted by molar-refractivity contribution is 6.06. The maximum Gasteiger partial charge on any atom is 0.416 e. The maximum atomic E-state index is 13.7. The second-order valence-electron chi connectivity index (χ2n) is 16.1. The maximum absolute atomic E-state index is 13.7. The first-order chi connectivity index (χ1) is 30.2. The van der Waals surface area contributed by atoms with Gasteiger partial charge in [0.1, 0.15) is 5.60 Å². The number of hydrogen-bond acceptors (Lipinski definition) is 9. The lowest BCUT2D eigenvalue weighted by molar-refractivity contribution is -0.155. The monoisotopic (exact) mass is 876 g/mol. The number of carbonyl (C=O) groups is 3. The molecule has 0 spiro atoms. The fourth-order valence-electron chi connectivity index (χ4n) is 6.70. The van der Waals surface area contributed by atoms with Crippen LogP contribution in [-0.2, 0) is 42.9 Å². The van der Waals surface area contributed by atoms with Crippen LogP contribution < -0.4 is 15.5 Å². The Morgan fingerprint density at radius 3 is 2.03 bits per heavy atom. The highest BCUT2D eigenvalue weighted by atomic mass is 19.4. The van der Waals surface area contributed by atoms with E-state index in [1.54, 1.807) is 12.1 Å². The van der Waals surface area contributed by atoms with Crippen LogP contribution in [0.3, 0.4) is 0 Å². The van der Waals surface area contributed by atoms with E-state index in [2.05, 4.69) is 20.5 Å². The van der Waals surface area contributed by atoms with Gasteiger partial charge in [0.15, 0.2) is 0 Å². The lowest BCUT2D eigenvalue weighted by atomic mass is 10.0. The number of pyridine rings is 1. The van der Waals surface area contributed by atoms with Gasteiger partial charge in [-0.2, -0.15) is 13.2 Å². The molecule has 4 rings (SSSR count). The third-order valence-electron chi connectivity index (χ3n) is 9.91. The molecule has 14 heteroatoms. The van der Waals surface area contributed by atoms with Crippen LogP contribution in [0.1, 0.15) is 111 Å². The first kappa shape index (κ1) is 50.3. The summed E-state index contributed by atoms with van der Waals surface area (Å²) in [6.45, 7) is 14.3. The van der Waals surface area contributed by atoms with Gasteiger partial charge in [-0.05, 0) is 126 Å². The quantitative estimate of drug-likeness (QED) is 0.0468. The van der Waals surface area contributed by atoms with Crippen LogP contribution in [0.2, 0.25) is 0 Å². The molecule has 0 radical (unpaired) electrons. The highest BCUT2D eigenvalue weighted by Gasteiger charge is 2.30. The number of unbranched alkanes of at least 4 members (excludes halogenated alkanes) is 3. The molecule has 0 fully saturated rings. The van der Waals surface area contributed by atoms with E-state index in [-0.39, 0.29) is 24.0 Å². The summed E-state index contributed by atoms with van der Waals surface area (Å²) >= 11 is 0. The minimum atomic E-state index is -4.49. The van der Waals surface area contributed by atoms with Crippen molar-refractivity contribution in [2.75, 3.05) is 62.9 Å². The SMILES string of the molecule is CCN(CC)c1ccc(NC(=O)c2cccc(CCCOCCOCCOCCCCCCC(=O)OC(C)(C)C)c2)c(-c2cc(C(=O)NCc3cccc(C(F)(F)F)c3)ccn2)c1. The van der Waals surface area contributed by atoms with E-state index in [1.807, 2.05) is 71.0 Å². The van der Waals surface area contributed by atoms with Crippen LogP contribution in [0.5, 0.6) is 0 Å². The molecule has 4 aromatic rings. The van der Waals surface area contributed by atoms with Gasteiger partial charge in [0.25, 0.3) is 11.8 Å². The average molecular weight is 877 g/mol. The number of halogens is 3. The molecule has 11 nitrogen and oxygen atoms in total. The summed E-state index contributed by atoms with van der Waals surface area (Å²) in [5.41, 5.74) is 3.28. The van der Waals surface area contributed by atoms with Gasteiger partial charge in [-0.25, -0.2) is 0 Å². The molecule has 2 N–H and O–H groups in total. The number of ether oxygens (including phenoxy) is 4. The molecule has 1 heterocycles. The molecule has 0 aliphatic carbocycles. The van der Waals surface area contributed by atoms with Gasteiger partial charge in [0.2, 0.25) is 0 Å². The molecule has 0 unspecified atom stereocenters. The Morgan fingerprint density at radius 1 is 0.683 bits per heavy atom. The normalized spacial score (nSPS) is 11.6. The van der Waals surface area contributed by atoms with Crippen molar-refractivity contribution in [3.63, 3.8) is 0 Å². The zero-order valence-electron chi connectivity index (χ0n) is 37.3. The summed E-state index contributed by atoms with van der Waals surface area (Å²) in [5.74, 6) is -0.935. The van der Waals surface area contributed by atoms with Crippen LogP contribution >= 0.6 is 0 Å². The Balaban J connectivity index is 1.22. The topological polar surface area (TPSA) is 128 Å². The van der Waals surface area contributed by atoms with E-state index in [0.717, 1.165) is 68.6 Å². The Kier molecular flexibility index (Phi) is 20.5. The molecule has 0 saturated heterocycles. The van der Waals surface area contributed by atoms with E-state index < -0.39 is 23.2 Å². The van der Waals surface area contributed by atoms with Crippen molar-refractivity contribution >= 4 is 29.2 Å². The second kappa shape index (κ2) is 25.7. The Morgan fingerprint density at radius 2 is 1.33 bits per heavy atom. The van der Waals surface area contributed by atoms with Crippen LogP contribution in [0, 0.1) is 0 Å². The smallest absolute Gasteiger partial charge is 0.416 e. The number of aromatic nitrogens is 1. The van der Waals surface area contributed by atoms with Gasteiger partial charge < -0.3 is 34.5 Å².